The van der Waals surface area contributed by atoms with E-state index >= 15 is 0 Å². The van der Waals surface area contributed by atoms with E-state index in [1.165, 1.54) is 25.7 Å². The van der Waals surface area contributed by atoms with Gasteiger partial charge < -0.3 is 15.4 Å². The first kappa shape index (κ1) is 16.6. The van der Waals surface area contributed by atoms with Crippen LogP contribution in [0, 0.1) is 5.41 Å². The summed E-state index contributed by atoms with van der Waals surface area (Å²) in [5, 5.41) is 6.81. The van der Waals surface area contributed by atoms with Gasteiger partial charge in [0, 0.05) is 19.3 Å². The summed E-state index contributed by atoms with van der Waals surface area (Å²) >= 11 is 0. The van der Waals surface area contributed by atoms with Gasteiger partial charge in [-0.25, -0.2) is 0 Å². The van der Waals surface area contributed by atoms with Gasteiger partial charge in [0.1, 0.15) is 12.4 Å². The molecule has 1 heterocycles. The summed E-state index contributed by atoms with van der Waals surface area (Å²) in [6.07, 6.45) is 8.41. The minimum atomic E-state index is 0.493. The molecule has 0 saturated heterocycles. The Bertz CT molecular complexity index is 463. The molecule has 0 aliphatic heterocycles. The second-order valence-electron chi connectivity index (χ2n) is 6.62. The van der Waals surface area contributed by atoms with Gasteiger partial charge >= 0.3 is 0 Å². The van der Waals surface area contributed by atoms with Crippen molar-refractivity contribution in [3.63, 3.8) is 0 Å². The van der Waals surface area contributed by atoms with E-state index in [4.69, 9.17) is 4.74 Å². The van der Waals surface area contributed by atoms with Crippen molar-refractivity contribution in [3.05, 3.63) is 24.5 Å². The van der Waals surface area contributed by atoms with E-state index in [1.54, 1.807) is 12.4 Å². The lowest BCUT2D eigenvalue weighted by Crippen LogP contribution is -2.46. The Morgan fingerprint density at radius 3 is 2.82 bits per heavy atom. The first-order valence-corrected chi connectivity index (χ1v) is 8.09. The van der Waals surface area contributed by atoms with E-state index in [1.807, 2.05) is 19.2 Å². The van der Waals surface area contributed by atoms with E-state index in [0.29, 0.717) is 24.6 Å². The average Bonchev–Trinajstić information content (AvgIpc) is 2.53. The largest absolute Gasteiger partial charge is 0.490 e. The fourth-order valence-corrected chi connectivity index (χ4v) is 2.70. The van der Waals surface area contributed by atoms with Crippen LogP contribution in [-0.4, -0.2) is 37.2 Å². The van der Waals surface area contributed by atoms with Crippen LogP contribution in [0.3, 0.4) is 0 Å². The highest BCUT2D eigenvalue weighted by molar-refractivity contribution is 5.79. The fraction of sp³-hybridized carbons (Fsp3) is 0.647. The molecule has 0 spiro atoms. The standard InChI is InChI=1S/C17H28N4O/c1-17(2)8-6-14(7-9-17)21-16(18-3)20-11-12-22-15-5-4-10-19-13-15/h4-5,10,13-14H,6-9,11-12H2,1-3H3,(H2,18,20,21). The maximum Gasteiger partial charge on any atom is 0.191 e. The predicted octanol–water partition coefficient (Wildman–Crippen LogP) is 2.59. The molecule has 2 rings (SSSR count). The molecule has 1 aliphatic carbocycles. The van der Waals surface area contributed by atoms with Gasteiger partial charge in [-0.05, 0) is 43.2 Å². The number of nitrogens with zero attached hydrogens (tertiary/aromatic N) is 2. The van der Waals surface area contributed by atoms with E-state index < -0.39 is 0 Å². The lowest BCUT2D eigenvalue weighted by atomic mass is 9.75. The minimum absolute atomic E-state index is 0.493. The molecule has 0 bridgehead atoms. The quantitative estimate of drug-likeness (QED) is 0.499. The molecule has 122 valence electrons. The number of aliphatic imine (C=N–C) groups is 1. The van der Waals surface area contributed by atoms with Crippen molar-refractivity contribution >= 4 is 5.96 Å². The first-order valence-electron chi connectivity index (χ1n) is 8.09. The Morgan fingerprint density at radius 2 is 2.18 bits per heavy atom. The van der Waals surface area contributed by atoms with Crippen molar-refractivity contribution in [2.75, 3.05) is 20.2 Å². The number of nitrogens with one attached hydrogen (secondary N) is 2. The van der Waals surface area contributed by atoms with Gasteiger partial charge in [-0.15, -0.1) is 0 Å². The number of hydrogen-bond acceptors (Lipinski definition) is 3. The van der Waals surface area contributed by atoms with Crippen LogP contribution in [-0.2, 0) is 0 Å². The van der Waals surface area contributed by atoms with Crippen molar-refractivity contribution in [1.29, 1.82) is 0 Å². The van der Waals surface area contributed by atoms with Crippen LogP contribution in [0.2, 0.25) is 0 Å². The summed E-state index contributed by atoms with van der Waals surface area (Å²) < 4.78 is 5.61. The summed E-state index contributed by atoms with van der Waals surface area (Å²) in [5.74, 6) is 1.65. The maximum atomic E-state index is 5.61. The van der Waals surface area contributed by atoms with Crippen LogP contribution >= 0.6 is 0 Å². The van der Waals surface area contributed by atoms with Gasteiger partial charge in [0.15, 0.2) is 5.96 Å². The van der Waals surface area contributed by atoms with Crippen LogP contribution in [0.25, 0.3) is 0 Å². The summed E-state index contributed by atoms with van der Waals surface area (Å²) in [4.78, 5) is 8.31. The molecule has 5 heteroatoms. The van der Waals surface area contributed by atoms with Crippen molar-refractivity contribution in [2.24, 2.45) is 10.4 Å². The molecule has 0 atom stereocenters. The number of guanidine groups is 1. The second-order valence-corrected chi connectivity index (χ2v) is 6.62. The molecular formula is C17H28N4O. The van der Waals surface area contributed by atoms with E-state index in [-0.39, 0.29) is 0 Å². The highest BCUT2D eigenvalue weighted by Gasteiger charge is 2.26. The molecule has 5 nitrogen and oxygen atoms in total. The fourth-order valence-electron chi connectivity index (χ4n) is 2.70. The van der Waals surface area contributed by atoms with Gasteiger partial charge in [-0.3, -0.25) is 9.98 Å². The number of aromatic nitrogens is 1. The van der Waals surface area contributed by atoms with Gasteiger partial charge in [0.25, 0.3) is 0 Å². The van der Waals surface area contributed by atoms with Gasteiger partial charge in [0.05, 0.1) is 12.7 Å². The molecule has 1 aromatic rings. The Kier molecular flexibility index (Phi) is 6.04. The maximum absolute atomic E-state index is 5.61. The molecule has 0 amide bonds. The van der Waals surface area contributed by atoms with E-state index in [0.717, 1.165) is 11.7 Å². The Labute approximate surface area is 133 Å². The van der Waals surface area contributed by atoms with Crippen LogP contribution in [0.4, 0.5) is 0 Å². The molecular weight excluding hydrogens is 276 g/mol. The highest BCUT2D eigenvalue weighted by Crippen LogP contribution is 2.34. The molecule has 0 unspecified atom stereocenters. The third-order valence-electron chi connectivity index (χ3n) is 4.20. The minimum Gasteiger partial charge on any atom is -0.490 e. The smallest absolute Gasteiger partial charge is 0.191 e. The Hall–Kier alpha value is -1.78. The molecule has 0 radical (unpaired) electrons. The molecule has 22 heavy (non-hydrogen) atoms. The van der Waals surface area contributed by atoms with Gasteiger partial charge in [-0.2, -0.15) is 0 Å². The van der Waals surface area contributed by atoms with Crippen molar-refractivity contribution in [1.82, 2.24) is 15.6 Å². The Morgan fingerprint density at radius 1 is 1.41 bits per heavy atom. The zero-order valence-corrected chi connectivity index (χ0v) is 13.9. The average molecular weight is 304 g/mol. The van der Waals surface area contributed by atoms with Gasteiger partial charge in [0.2, 0.25) is 0 Å². The molecule has 1 aliphatic rings. The second kappa shape index (κ2) is 8.01. The molecule has 1 aromatic heterocycles. The number of rotatable bonds is 5. The van der Waals surface area contributed by atoms with Crippen molar-refractivity contribution < 1.29 is 4.74 Å². The van der Waals surface area contributed by atoms with E-state index in [2.05, 4.69) is 34.5 Å². The van der Waals surface area contributed by atoms with Crippen LogP contribution < -0.4 is 15.4 Å². The van der Waals surface area contributed by atoms with Crippen LogP contribution in [0.5, 0.6) is 5.75 Å². The molecule has 2 N–H and O–H groups in total. The number of ether oxygens (including phenoxy) is 1. The van der Waals surface area contributed by atoms with Crippen molar-refractivity contribution in [3.8, 4) is 5.75 Å². The topological polar surface area (TPSA) is 58.5 Å². The lowest BCUT2D eigenvalue weighted by Gasteiger charge is -2.35. The monoisotopic (exact) mass is 304 g/mol. The lowest BCUT2D eigenvalue weighted by molar-refractivity contribution is 0.216. The summed E-state index contributed by atoms with van der Waals surface area (Å²) in [5.41, 5.74) is 0.493. The van der Waals surface area contributed by atoms with Crippen LogP contribution in [0.15, 0.2) is 29.5 Å². The molecule has 1 saturated carbocycles. The zero-order chi connectivity index (χ0) is 15.8. The van der Waals surface area contributed by atoms with E-state index in [9.17, 15) is 0 Å². The predicted molar refractivity (Wildman–Crippen MR) is 90.3 cm³/mol. The first-order chi connectivity index (χ1) is 10.6. The summed E-state index contributed by atoms with van der Waals surface area (Å²) in [7, 11) is 1.81. The van der Waals surface area contributed by atoms with Crippen LogP contribution in [0.1, 0.15) is 39.5 Å². The highest BCUT2D eigenvalue weighted by atomic mass is 16.5. The number of hydrogen-bond donors (Lipinski definition) is 2. The number of pyridine rings is 1. The third-order valence-corrected chi connectivity index (χ3v) is 4.20. The van der Waals surface area contributed by atoms with Gasteiger partial charge in [-0.1, -0.05) is 13.8 Å². The molecule has 0 aromatic carbocycles. The summed E-state index contributed by atoms with van der Waals surface area (Å²) in [6.45, 7) is 6.01. The normalized spacial score (nSPS) is 18.8. The summed E-state index contributed by atoms with van der Waals surface area (Å²) in [6, 6.07) is 4.30. The Balaban J connectivity index is 1.65. The SMILES string of the molecule is CN=C(NCCOc1cccnc1)NC1CCC(C)(C)CC1. The zero-order valence-electron chi connectivity index (χ0n) is 13.9. The molecule has 1 fully saturated rings. The van der Waals surface area contributed by atoms with Crippen molar-refractivity contribution in [2.45, 2.75) is 45.6 Å². The third kappa shape index (κ3) is 5.54.